The Hall–Kier alpha value is -0.120. The zero-order chi connectivity index (χ0) is 6.69. The normalized spacial score (nSPS) is 36.7. The van der Waals surface area contributed by atoms with Crippen LogP contribution in [0.15, 0.2) is 0 Å². The average molecular weight is 129 g/mol. The molecule has 0 bridgehead atoms. The van der Waals surface area contributed by atoms with Crippen LogP contribution in [0.25, 0.3) is 0 Å². The fourth-order valence-electron chi connectivity index (χ4n) is 0.987. The van der Waals surface area contributed by atoms with Crippen molar-refractivity contribution < 1.29 is 0 Å². The van der Waals surface area contributed by atoms with Crippen LogP contribution >= 0.6 is 0 Å². The van der Waals surface area contributed by atoms with Gasteiger partial charge in [-0.05, 0) is 14.0 Å². The molecule has 0 saturated carbocycles. The predicted molar refractivity (Wildman–Crippen MR) is 38.3 cm³/mol. The fraction of sp³-hybridized carbons (Fsp3) is 1.00. The molecule has 3 heteroatoms. The van der Waals surface area contributed by atoms with Gasteiger partial charge in [-0.3, -0.25) is 5.32 Å². The monoisotopic (exact) mass is 129 g/mol. The van der Waals surface area contributed by atoms with Crippen LogP contribution in [-0.4, -0.2) is 32.3 Å². The van der Waals surface area contributed by atoms with Gasteiger partial charge in [0, 0.05) is 19.1 Å². The lowest BCUT2D eigenvalue weighted by molar-refractivity contribution is 0.332. The maximum Gasteiger partial charge on any atom is 0.0698 e. The maximum absolute atomic E-state index is 3.36. The molecule has 0 amide bonds. The minimum absolute atomic E-state index is 0.459. The predicted octanol–water partition coefficient (Wildman–Crippen LogP) is -0.887. The molecule has 2 atom stereocenters. The second-order valence-corrected chi connectivity index (χ2v) is 2.56. The lowest BCUT2D eigenvalue weighted by atomic mass is 10.2. The van der Waals surface area contributed by atoms with Gasteiger partial charge in [-0.2, -0.15) is 0 Å². The minimum atomic E-state index is 0.459. The van der Waals surface area contributed by atoms with Crippen molar-refractivity contribution in [3.05, 3.63) is 0 Å². The largest absolute Gasteiger partial charge is 0.310 e. The van der Waals surface area contributed by atoms with E-state index in [1.165, 1.54) is 0 Å². The van der Waals surface area contributed by atoms with E-state index in [1.54, 1.807) is 0 Å². The summed E-state index contributed by atoms with van der Waals surface area (Å²) in [4.78, 5) is 0. The van der Waals surface area contributed by atoms with Gasteiger partial charge in [-0.1, -0.05) is 0 Å². The third-order valence-electron chi connectivity index (χ3n) is 1.69. The van der Waals surface area contributed by atoms with Crippen LogP contribution < -0.4 is 16.0 Å². The van der Waals surface area contributed by atoms with Crippen LogP contribution in [0.4, 0.5) is 0 Å². The van der Waals surface area contributed by atoms with Crippen LogP contribution in [0.3, 0.4) is 0 Å². The van der Waals surface area contributed by atoms with E-state index in [0.717, 1.165) is 13.1 Å². The van der Waals surface area contributed by atoms with Gasteiger partial charge in [0.15, 0.2) is 0 Å². The quantitative estimate of drug-likeness (QED) is 0.430. The molecule has 1 aliphatic heterocycles. The Bertz CT molecular complexity index is 76.4. The highest BCUT2D eigenvalue weighted by Gasteiger charge is 2.13. The van der Waals surface area contributed by atoms with Crippen LogP contribution in [0.5, 0.6) is 0 Å². The average Bonchev–Trinajstić information content (AvgIpc) is 1.90. The third kappa shape index (κ3) is 1.93. The molecule has 3 nitrogen and oxygen atoms in total. The van der Waals surface area contributed by atoms with Crippen molar-refractivity contribution in [3.63, 3.8) is 0 Å². The molecule has 1 fully saturated rings. The molecule has 9 heavy (non-hydrogen) atoms. The summed E-state index contributed by atoms with van der Waals surface area (Å²) < 4.78 is 0. The van der Waals surface area contributed by atoms with Gasteiger partial charge in [-0.25, -0.2) is 0 Å². The molecule has 0 aliphatic carbocycles. The Labute approximate surface area is 56.2 Å². The first-order chi connectivity index (χ1) is 4.33. The Balaban J connectivity index is 2.18. The SMILES string of the molecule is CNC1CNC(C)CN1. The zero-order valence-corrected chi connectivity index (χ0v) is 6.07. The smallest absolute Gasteiger partial charge is 0.0698 e. The van der Waals surface area contributed by atoms with E-state index >= 15 is 0 Å². The van der Waals surface area contributed by atoms with E-state index in [-0.39, 0.29) is 0 Å². The lowest BCUT2D eigenvalue weighted by Crippen LogP contribution is -2.58. The Kier molecular flexibility index (Phi) is 2.45. The highest BCUT2D eigenvalue weighted by atomic mass is 15.2. The van der Waals surface area contributed by atoms with Gasteiger partial charge in [0.05, 0.1) is 6.17 Å². The Morgan fingerprint density at radius 2 is 2.11 bits per heavy atom. The van der Waals surface area contributed by atoms with Crippen molar-refractivity contribution in [1.29, 1.82) is 0 Å². The lowest BCUT2D eigenvalue weighted by Gasteiger charge is -2.28. The summed E-state index contributed by atoms with van der Waals surface area (Å²) >= 11 is 0. The number of rotatable bonds is 1. The van der Waals surface area contributed by atoms with E-state index in [4.69, 9.17) is 0 Å². The van der Waals surface area contributed by atoms with Gasteiger partial charge in [0.2, 0.25) is 0 Å². The van der Waals surface area contributed by atoms with E-state index < -0.39 is 0 Å². The van der Waals surface area contributed by atoms with Crippen molar-refractivity contribution in [1.82, 2.24) is 16.0 Å². The van der Waals surface area contributed by atoms with Crippen molar-refractivity contribution in [2.24, 2.45) is 0 Å². The highest BCUT2D eigenvalue weighted by Crippen LogP contribution is 1.87. The first-order valence-corrected chi connectivity index (χ1v) is 3.47. The van der Waals surface area contributed by atoms with E-state index in [9.17, 15) is 0 Å². The molecule has 1 saturated heterocycles. The number of nitrogens with one attached hydrogen (secondary N) is 3. The van der Waals surface area contributed by atoms with Gasteiger partial charge >= 0.3 is 0 Å². The minimum Gasteiger partial charge on any atom is -0.310 e. The molecule has 0 aromatic carbocycles. The molecule has 1 heterocycles. The summed E-state index contributed by atoms with van der Waals surface area (Å²) in [5.74, 6) is 0. The number of likely N-dealkylation sites (N-methyl/N-ethyl adjacent to an activating group) is 1. The summed E-state index contributed by atoms with van der Waals surface area (Å²) in [7, 11) is 1.97. The summed E-state index contributed by atoms with van der Waals surface area (Å²) in [5.41, 5.74) is 0. The summed E-state index contributed by atoms with van der Waals surface area (Å²) in [6.07, 6.45) is 0.459. The molecular weight excluding hydrogens is 114 g/mol. The van der Waals surface area contributed by atoms with E-state index in [2.05, 4.69) is 22.9 Å². The standard InChI is InChI=1S/C6H15N3/c1-5-3-9-6(7-2)4-8-5/h5-9H,3-4H2,1-2H3. The Morgan fingerprint density at radius 3 is 2.56 bits per heavy atom. The molecule has 0 spiro atoms. The summed E-state index contributed by atoms with van der Waals surface area (Å²) in [6.45, 7) is 4.27. The van der Waals surface area contributed by atoms with Gasteiger partial charge in [0.25, 0.3) is 0 Å². The zero-order valence-electron chi connectivity index (χ0n) is 6.07. The topological polar surface area (TPSA) is 36.1 Å². The van der Waals surface area contributed by atoms with E-state index in [0.29, 0.717) is 12.2 Å². The molecule has 3 N–H and O–H groups in total. The molecular formula is C6H15N3. The van der Waals surface area contributed by atoms with Gasteiger partial charge in [-0.15, -0.1) is 0 Å². The van der Waals surface area contributed by atoms with Crippen molar-refractivity contribution in [2.75, 3.05) is 20.1 Å². The molecule has 1 aliphatic rings. The van der Waals surface area contributed by atoms with Crippen LogP contribution in [0.1, 0.15) is 6.92 Å². The van der Waals surface area contributed by atoms with Crippen molar-refractivity contribution in [3.8, 4) is 0 Å². The molecule has 54 valence electrons. The highest BCUT2D eigenvalue weighted by molar-refractivity contribution is 4.77. The Morgan fingerprint density at radius 1 is 1.33 bits per heavy atom. The van der Waals surface area contributed by atoms with Gasteiger partial charge in [0.1, 0.15) is 0 Å². The van der Waals surface area contributed by atoms with Crippen molar-refractivity contribution in [2.45, 2.75) is 19.1 Å². The second kappa shape index (κ2) is 3.15. The summed E-state index contributed by atoms with van der Waals surface area (Å²) in [6, 6.07) is 0.620. The molecule has 2 unspecified atom stereocenters. The second-order valence-electron chi connectivity index (χ2n) is 2.56. The van der Waals surface area contributed by atoms with Crippen LogP contribution in [0.2, 0.25) is 0 Å². The maximum atomic E-state index is 3.36. The molecule has 0 aromatic rings. The number of piperazine rings is 1. The number of hydrogen-bond donors (Lipinski definition) is 3. The first kappa shape index (κ1) is 6.99. The van der Waals surface area contributed by atoms with Crippen molar-refractivity contribution >= 4 is 0 Å². The first-order valence-electron chi connectivity index (χ1n) is 3.47. The molecule has 0 aromatic heterocycles. The number of hydrogen-bond acceptors (Lipinski definition) is 3. The summed E-state index contributed by atoms with van der Waals surface area (Å²) in [5, 5.41) is 9.85. The van der Waals surface area contributed by atoms with Gasteiger partial charge < -0.3 is 10.6 Å². The van der Waals surface area contributed by atoms with E-state index in [1.807, 2.05) is 7.05 Å². The fourth-order valence-corrected chi connectivity index (χ4v) is 0.987. The van der Waals surface area contributed by atoms with Crippen LogP contribution in [0, 0.1) is 0 Å². The molecule has 0 radical (unpaired) electrons. The molecule has 1 rings (SSSR count). The third-order valence-corrected chi connectivity index (χ3v) is 1.69. The van der Waals surface area contributed by atoms with Crippen LogP contribution in [-0.2, 0) is 0 Å².